The highest BCUT2D eigenvalue weighted by Crippen LogP contribution is 2.22. The molecule has 3 nitrogen and oxygen atoms in total. The zero-order valence-corrected chi connectivity index (χ0v) is 10.4. The van der Waals surface area contributed by atoms with Gasteiger partial charge >= 0.3 is 0 Å². The van der Waals surface area contributed by atoms with Crippen LogP contribution in [0.2, 0.25) is 0 Å². The van der Waals surface area contributed by atoms with Crippen LogP contribution in [0.4, 0.5) is 4.39 Å². The number of hydrogen-bond acceptors (Lipinski definition) is 2. The van der Waals surface area contributed by atoms with E-state index >= 15 is 0 Å². The molecule has 1 aromatic rings. The SMILES string of the molecule is NC1CCCC(CNC(=O)c2ccc(F)cc2)C1. The Balaban J connectivity index is 1.82. The molecule has 3 N–H and O–H groups in total. The number of hydrogen-bond donors (Lipinski definition) is 2. The van der Waals surface area contributed by atoms with Crippen molar-refractivity contribution in [2.75, 3.05) is 6.54 Å². The van der Waals surface area contributed by atoms with Crippen molar-refractivity contribution < 1.29 is 9.18 Å². The van der Waals surface area contributed by atoms with Gasteiger partial charge in [0.2, 0.25) is 0 Å². The van der Waals surface area contributed by atoms with Gasteiger partial charge < -0.3 is 11.1 Å². The van der Waals surface area contributed by atoms with Crippen molar-refractivity contribution >= 4 is 5.91 Å². The Bertz CT molecular complexity index is 405. The normalized spacial score (nSPS) is 23.7. The van der Waals surface area contributed by atoms with Crippen LogP contribution in [0, 0.1) is 11.7 Å². The number of nitrogens with two attached hydrogens (primary N) is 1. The van der Waals surface area contributed by atoms with Gasteiger partial charge in [-0.2, -0.15) is 0 Å². The van der Waals surface area contributed by atoms with Crippen LogP contribution in [0.25, 0.3) is 0 Å². The van der Waals surface area contributed by atoms with Crippen molar-refractivity contribution in [2.24, 2.45) is 11.7 Å². The Kier molecular flexibility index (Phi) is 4.31. The van der Waals surface area contributed by atoms with Gasteiger partial charge in [-0.25, -0.2) is 4.39 Å². The largest absolute Gasteiger partial charge is 0.352 e. The van der Waals surface area contributed by atoms with Gasteiger partial charge in [0.15, 0.2) is 0 Å². The standard InChI is InChI=1S/C14H19FN2O/c15-12-6-4-11(5-7-12)14(18)17-9-10-2-1-3-13(16)8-10/h4-7,10,13H,1-3,8-9,16H2,(H,17,18). The first-order chi connectivity index (χ1) is 8.65. The fourth-order valence-electron chi connectivity index (χ4n) is 2.46. The third kappa shape index (κ3) is 3.53. The lowest BCUT2D eigenvalue weighted by Gasteiger charge is -2.26. The first-order valence-electron chi connectivity index (χ1n) is 6.44. The number of halogens is 1. The van der Waals surface area contributed by atoms with E-state index in [4.69, 9.17) is 5.73 Å². The molecule has 0 aromatic heterocycles. The second kappa shape index (κ2) is 5.96. The Morgan fingerprint density at radius 3 is 2.72 bits per heavy atom. The van der Waals surface area contributed by atoms with Gasteiger partial charge in [0.05, 0.1) is 0 Å². The second-order valence-corrected chi connectivity index (χ2v) is 5.01. The topological polar surface area (TPSA) is 55.1 Å². The molecule has 2 atom stereocenters. The fraction of sp³-hybridized carbons (Fsp3) is 0.500. The summed E-state index contributed by atoms with van der Waals surface area (Å²) in [6.07, 6.45) is 4.32. The van der Waals surface area contributed by atoms with Crippen LogP contribution in [0.3, 0.4) is 0 Å². The molecule has 1 fully saturated rings. The second-order valence-electron chi connectivity index (χ2n) is 5.01. The van der Waals surface area contributed by atoms with Crippen LogP contribution in [0.5, 0.6) is 0 Å². The van der Waals surface area contributed by atoms with E-state index in [1.165, 1.54) is 24.3 Å². The van der Waals surface area contributed by atoms with Crippen molar-refractivity contribution in [2.45, 2.75) is 31.7 Å². The molecule has 1 aromatic carbocycles. The number of carbonyl (C=O) groups excluding carboxylic acids is 1. The van der Waals surface area contributed by atoms with E-state index in [2.05, 4.69) is 5.32 Å². The van der Waals surface area contributed by atoms with Crippen molar-refractivity contribution in [3.63, 3.8) is 0 Å². The summed E-state index contributed by atoms with van der Waals surface area (Å²) in [4.78, 5) is 11.8. The summed E-state index contributed by atoms with van der Waals surface area (Å²) in [5.74, 6) is -0.00269. The maximum Gasteiger partial charge on any atom is 0.251 e. The van der Waals surface area contributed by atoms with Gasteiger partial charge in [-0.05, 0) is 49.4 Å². The highest BCUT2D eigenvalue weighted by Gasteiger charge is 2.19. The highest BCUT2D eigenvalue weighted by atomic mass is 19.1. The van der Waals surface area contributed by atoms with E-state index in [0.29, 0.717) is 18.0 Å². The van der Waals surface area contributed by atoms with Crippen molar-refractivity contribution in [1.82, 2.24) is 5.32 Å². The number of nitrogens with one attached hydrogen (secondary N) is 1. The maximum absolute atomic E-state index is 12.7. The average Bonchev–Trinajstić information content (AvgIpc) is 2.37. The molecule has 1 aliphatic rings. The van der Waals surface area contributed by atoms with Gasteiger partial charge in [-0.1, -0.05) is 6.42 Å². The smallest absolute Gasteiger partial charge is 0.251 e. The van der Waals surface area contributed by atoms with Gasteiger partial charge in [-0.15, -0.1) is 0 Å². The van der Waals surface area contributed by atoms with E-state index < -0.39 is 0 Å². The minimum Gasteiger partial charge on any atom is -0.352 e. The lowest BCUT2D eigenvalue weighted by atomic mass is 9.86. The van der Waals surface area contributed by atoms with E-state index in [9.17, 15) is 9.18 Å². The van der Waals surface area contributed by atoms with Crippen LogP contribution < -0.4 is 11.1 Å². The summed E-state index contributed by atoms with van der Waals surface area (Å²) in [6.45, 7) is 0.657. The quantitative estimate of drug-likeness (QED) is 0.863. The monoisotopic (exact) mass is 250 g/mol. The molecule has 1 aliphatic carbocycles. The number of rotatable bonds is 3. The lowest BCUT2D eigenvalue weighted by molar-refractivity contribution is 0.0942. The first-order valence-corrected chi connectivity index (χ1v) is 6.44. The summed E-state index contributed by atoms with van der Waals surface area (Å²) in [7, 11) is 0. The van der Waals surface area contributed by atoms with E-state index in [-0.39, 0.29) is 17.8 Å². The number of carbonyl (C=O) groups is 1. The van der Waals surface area contributed by atoms with Gasteiger partial charge in [0, 0.05) is 18.2 Å². The van der Waals surface area contributed by atoms with Gasteiger partial charge in [0.25, 0.3) is 5.91 Å². The van der Waals surface area contributed by atoms with Crippen molar-refractivity contribution in [3.05, 3.63) is 35.6 Å². The molecule has 1 amide bonds. The third-order valence-corrected chi connectivity index (χ3v) is 3.48. The predicted octanol–water partition coefficient (Wildman–Crippen LogP) is 2.07. The summed E-state index contributed by atoms with van der Waals surface area (Å²) in [5, 5.41) is 2.89. The number of benzene rings is 1. The molecule has 0 heterocycles. The molecule has 0 spiro atoms. The summed E-state index contributed by atoms with van der Waals surface area (Å²) in [5.41, 5.74) is 6.40. The average molecular weight is 250 g/mol. The fourth-order valence-corrected chi connectivity index (χ4v) is 2.46. The Morgan fingerprint density at radius 1 is 1.33 bits per heavy atom. The van der Waals surface area contributed by atoms with Crippen molar-refractivity contribution in [1.29, 1.82) is 0 Å². The van der Waals surface area contributed by atoms with Gasteiger partial charge in [-0.3, -0.25) is 4.79 Å². The Labute approximate surface area is 107 Å². The zero-order chi connectivity index (χ0) is 13.0. The Morgan fingerprint density at radius 2 is 2.06 bits per heavy atom. The lowest BCUT2D eigenvalue weighted by Crippen LogP contribution is -2.35. The van der Waals surface area contributed by atoms with E-state index in [1.807, 2.05) is 0 Å². The molecule has 18 heavy (non-hydrogen) atoms. The summed E-state index contributed by atoms with van der Waals surface area (Å²) in [6, 6.07) is 5.86. The minimum atomic E-state index is -0.329. The minimum absolute atomic E-state index is 0.144. The van der Waals surface area contributed by atoms with Crippen LogP contribution in [0.15, 0.2) is 24.3 Å². The molecular weight excluding hydrogens is 231 g/mol. The first kappa shape index (κ1) is 13.0. The Hall–Kier alpha value is -1.42. The molecule has 1 saturated carbocycles. The maximum atomic E-state index is 12.7. The molecule has 4 heteroatoms. The van der Waals surface area contributed by atoms with Gasteiger partial charge in [0.1, 0.15) is 5.82 Å². The zero-order valence-electron chi connectivity index (χ0n) is 10.4. The molecule has 0 aliphatic heterocycles. The number of amides is 1. The van der Waals surface area contributed by atoms with E-state index in [0.717, 1.165) is 25.7 Å². The molecular formula is C14H19FN2O. The summed E-state index contributed by atoms with van der Waals surface area (Å²) < 4.78 is 12.7. The molecule has 0 bridgehead atoms. The third-order valence-electron chi connectivity index (χ3n) is 3.48. The molecule has 0 radical (unpaired) electrons. The molecule has 2 rings (SSSR count). The summed E-state index contributed by atoms with van der Waals surface area (Å²) >= 11 is 0. The molecule has 98 valence electrons. The molecule has 2 unspecified atom stereocenters. The van der Waals surface area contributed by atoms with Crippen LogP contribution >= 0.6 is 0 Å². The predicted molar refractivity (Wildman–Crippen MR) is 68.7 cm³/mol. The highest BCUT2D eigenvalue weighted by molar-refractivity contribution is 5.94. The van der Waals surface area contributed by atoms with Crippen LogP contribution in [-0.4, -0.2) is 18.5 Å². The van der Waals surface area contributed by atoms with Crippen molar-refractivity contribution in [3.8, 4) is 0 Å². The van der Waals surface area contributed by atoms with Crippen LogP contribution in [-0.2, 0) is 0 Å². The van der Waals surface area contributed by atoms with E-state index in [1.54, 1.807) is 0 Å². The van der Waals surface area contributed by atoms with Crippen LogP contribution in [0.1, 0.15) is 36.0 Å². The molecule has 0 saturated heterocycles.